The van der Waals surface area contributed by atoms with Gasteiger partial charge in [0.2, 0.25) is 0 Å². The number of azo groups is 1. The highest BCUT2D eigenvalue weighted by Gasteiger charge is 2.39. The topological polar surface area (TPSA) is 68.6 Å². The first-order chi connectivity index (χ1) is 6.00. The molecule has 0 amide bonds. The number of nitrogens with two attached hydrogens (primary N) is 1. The van der Waals surface area contributed by atoms with Gasteiger partial charge in [0.25, 0.3) is 0 Å². The molecular weight excluding hydrogens is 187 g/mol. The van der Waals surface area contributed by atoms with Crippen molar-refractivity contribution in [1.29, 1.82) is 0 Å². The second kappa shape index (κ2) is 2.21. The average Bonchev–Trinajstić information content (AvgIpc) is 2.51. The summed E-state index contributed by atoms with van der Waals surface area (Å²) in [6, 6.07) is 0. The summed E-state index contributed by atoms with van der Waals surface area (Å²) in [6.45, 7) is -0.00435. The summed E-state index contributed by atoms with van der Waals surface area (Å²) in [5, 5.41) is 10.1. The smallest absolute Gasteiger partial charge is 0.394 e. The van der Waals surface area contributed by atoms with Crippen LogP contribution in [0.1, 0.15) is 5.69 Å². The Kier molecular flexibility index (Phi) is 1.36. The SMILES string of the molecule is Nc1c(C(F)(F)F)nn2c1N=NC2. The van der Waals surface area contributed by atoms with E-state index in [2.05, 4.69) is 15.3 Å². The van der Waals surface area contributed by atoms with Crippen LogP contribution in [-0.4, -0.2) is 9.78 Å². The molecule has 0 fully saturated rings. The van der Waals surface area contributed by atoms with E-state index in [0.717, 1.165) is 4.68 Å². The van der Waals surface area contributed by atoms with Crippen molar-refractivity contribution >= 4 is 11.5 Å². The Balaban J connectivity index is 2.57. The number of hydrogen-bond acceptors (Lipinski definition) is 4. The third-order valence-electron chi connectivity index (χ3n) is 1.59. The quantitative estimate of drug-likeness (QED) is 0.675. The van der Waals surface area contributed by atoms with Gasteiger partial charge >= 0.3 is 6.18 Å². The zero-order valence-electron chi connectivity index (χ0n) is 6.21. The molecule has 0 aliphatic carbocycles. The fourth-order valence-corrected chi connectivity index (χ4v) is 1.04. The van der Waals surface area contributed by atoms with Gasteiger partial charge < -0.3 is 5.73 Å². The second-order valence-electron chi connectivity index (χ2n) is 2.47. The molecule has 70 valence electrons. The molecule has 0 unspecified atom stereocenters. The monoisotopic (exact) mass is 191 g/mol. The van der Waals surface area contributed by atoms with Gasteiger partial charge in [0.15, 0.2) is 18.2 Å². The van der Waals surface area contributed by atoms with Gasteiger partial charge in [-0.1, -0.05) is 0 Å². The molecule has 0 spiro atoms. The van der Waals surface area contributed by atoms with E-state index in [4.69, 9.17) is 5.73 Å². The van der Waals surface area contributed by atoms with Gasteiger partial charge in [0.1, 0.15) is 5.69 Å². The van der Waals surface area contributed by atoms with E-state index in [1.165, 1.54) is 0 Å². The van der Waals surface area contributed by atoms with Crippen LogP contribution < -0.4 is 5.73 Å². The first-order valence-corrected chi connectivity index (χ1v) is 3.31. The normalized spacial score (nSPS) is 15.0. The van der Waals surface area contributed by atoms with Crippen LogP contribution in [0.4, 0.5) is 24.7 Å². The fourth-order valence-electron chi connectivity index (χ4n) is 1.04. The standard InChI is InChI=1S/C5H4F3N5/c6-5(7,8)3-2(9)4-11-10-1-13(4)12-3/h1,9H2. The van der Waals surface area contributed by atoms with E-state index < -0.39 is 17.6 Å². The summed E-state index contributed by atoms with van der Waals surface area (Å²) >= 11 is 0. The lowest BCUT2D eigenvalue weighted by molar-refractivity contribution is -0.140. The first-order valence-electron chi connectivity index (χ1n) is 3.31. The van der Waals surface area contributed by atoms with Gasteiger partial charge in [-0.3, -0.25) is 0 Å². The molecule has 1 aromatic heterocycles. The summed E-state index contributed by atoms with van der Waals surface area (Å²) in [5.41, 5.74) is 3.62. The number of nitrogens with zero attached hydrogens (tertiary/aromatic N) is 4. The number of rotatable bonds is 0. The van der Waals surface area contributed by atoms with E-state index in [1.54, 1.807) is 0 Å². The van der Waals surface area contributed by atoms with Crippen molar-refractivity contribution in [2.45, 2.75) is 12.8 Å². The lowest BCUT2D eigenvalue weighted by atomic mass is 10.3. The molecule has 2 rings (SSSR count). The van der Waals surface area contributed by atoms with Crippen LogP contribution in [-0.2, 0) is 12.8 Å². The summed E-state index contributed by atoms with van der Waals surface area (Å²) in [4.78, 5) is 0. The highest BCUT2D eigenvalue weighted by Crippen LogP contribution is 2.39. The molecule has 8 heteroatoms. The van der Waals surface area contributed by atoms with Gasteiger partial charge in [-0.25, -0.2) is 4.68 Å². The molecule has 2 heterocycles. The third kappa shape index (κ3) is 1.05. The Morgan fingerprint density at radius 3 is 2.62 bits per heavy atom. The highest BCUT2D eigenvalue weighted by atomic mass is 19.4. The van der Waals surface area contributed by atoms with Crippen molar-refractivity contribution in [3.05, 3.63) is 5.69 Å². The zero-order chi connectivity index (χ0) is 9.64. The van der Waals surface area contributed by atoms with Crippen molar-refractivity contribution < 1.29 is 13.2 Å². The van der Waals surface area contributed by atoms with Crippen molar-refractivity contribution in [2.24, 2.45) is 10.2 Å². The van der Waals surface area contributed by atoms with Crippen LogP contribution in [0, 0.1) is 0 Å². The molecule has 0 atom stereocenters. The molecule has 0 aromatic carbocycles. The maximum atomic E-state index is 12.2. The Labute approximate surface area is 70.0 Å². The molecule has 0 saturated heterocycles. The van der Waals surface area contributed by atoms with Crippen molar-refractivity contribution in [2.75, 3.05) is 5.73 Å². The zero-order valence-corrected chi connectivity index (χ0v) is 6.21. The Morgan fingerprint density at radius 1 is 1.38 bits per heavy atom. The Hall–Kier alpha value is -1.60. The van der Waals surface area contributed by atoms with Crippen LogP contribution in [0.3, 0.4) is 0 Å². The van der Waals surface area contributed by atoms with Gasteiger partial charge in [-0.15, -0.1) is 5.11 Å². The van der Waals surface area contributed by atoms with Gasteiger partial charge in [0, 0.05) is 0 Å². The number of anilines is 1. The fraction of sp³-hybridized carbons (Fsp3) is 0.400. The minimum absolute atomic E-state index is 0.00435. The number of fused-ring (bicyclic) bond motifs is 1. The van der Waals surface area contributed by atoms with Crippen molar-refractivity contribution in [1.82, 2.24) is 9.78 Å². The first kappa shape index (κ1) is 8.02. The van der Waals surface area contributed by atoms with Crippen molar-refractivity contribution in [3.63, 3.8) is 0 Å². The van der Waals surface area contributed by atoms with Crippen LogP contribution in [0.5, 0.6) is 0 Å². The molecule has 1 aliphatic rings. The molecule has 0 saturated carbocycles. The van der Waals surface area contributed by atoms with Crippen LogP contribution in [0.2, 0.25) is 0 Å². The van der Waals surface area contributed by atoms with Gasteiger partial charge in [-0.2, -0.15) is 23.4 Å². The predicted molar refractivity (Wildman–Crippen MR) is 36.2 cm³/mol. The number of halogens is 3. The summed E-state index contributed by atoms with van der Waals surface area (Å²) in [6.07, 6.45) is -4.53. The van der Waals surface area contributed by atoms with Crippen molar-refractivity contribution in [3.8, 4) is 0 Å². The summed E-state index contributed by atoms with van der Waals surface area (Å²) < 4.78 is 37.5. The molecule has 0 radical (unpaired) electrons. The van der Waals surface area contributed by atoms with E-state index in [0.29, 0.717) is 0 Å². The maximum Gasteiger partial charge on any atom is 0.437 e. The third-order valence-corrected chi connectivity index (χ3v) is 1.59. The van der Waals surface area contributed by atoms with Crippen LogP contribution in [0.25, 0.3) is 0 Å². The molecular formula is C5H4F3N5. The summed E-state index contributed by atoms with van der Waals surface area (Å²) in [5.74, 6) is -0.0210. The Morgan fingerprint density at radius 2 is 2.08 bits per heavy atom. The molecule has 1 aliphatic heterocycles. The minimum Gasteiger partial charge on any atom is -0.394 e. The predicted octanol–water partition coefficient (Wildman–Crippen LogP) is 1.54. The van der Waals surface area contributed by atoms with E-state index >= 15 is 0 Å². The van der Waals surface area contributed by atoms with Crippen LogP contribution >= 0.6 is 0 Å². The number of alkyl halides is 3. The van der Waals surface area contributed by atoms with E-state index in [-0.39, 0.29) is 12.5 Å². The molecule has 5 nitrogen and oxygen atoms in total. The number of hydrogen-bond donors (Lipinski definition) is 1. The van der Waals surface area contributed by atoms with E-state index in [9.17, 15) is 13.2 Å². The second-order valence-corrected chi connectivity index (χ2v) is 2.47. The van der Waals surface area contributed by atoms with Gasteiger partial charge in [-0.05, 0) is 0 Å². The lowest BCUT2D eigenvalue weighted by Gasteiger charge is -2.01. The number of aromatic nitrogens is 2. The Bertz CT molecular complexity index is 376. The molecule has 2 N–H and O–H groups in total. The molecule has 13 heavy (non-hydrogen) atoms. The van der Waals surface area contributed by atoms with E-state index in [1.807, 2.05) is 0 Å². The average molecular weight is 191 g/mol. The lowest BCUT2D eigenvalue weighted by Crippen LogP contribution is -2.09. The maximum absolute atomic E-state index is 12.2. The minimum atomic E-state index is -4.53. The highest BCUT2D eigenvalue weighted by molar-refractivity contribution is 5.62. The largest absolute Gasteiger partial charge is 0.437 e. The molecule has 0 bridgehead atoms. The summed E-state index contributed by atoms with van der Waals surface area (Å²) in [7, 11) is 0. The number of nitrogen functional groups attached to an aromatic ring is 1. The molecule has 1 aromatic rings. The van der Waals surface area contributed by atoms with Crippen LogP contribution in [0.15, 0.2) is 10.2 Å². The van der Waals surface area contributed by atoms with Gasteiger partial charge in [0.05, 0.1) is 0 Å².